The first-order valence-electron chi connectivity index (χ1n) is 11.3. The SMILES string of the molecule is CC(=O)Nc1sccc1C(=O)N1CCCCC1c1cc2nc(N3CCCC3)c(C)cn2n1. The van der Waals surface area contributed by atoms with Crippen molar-refractivity contribution in [2.45, 2.75) is 52.0 Å². The maximum absolute atomic E-state index is 13.5. The Labute approximate surface area is 191 Å². The van der Waals surface area contributed by atoms with Gasteiger partial charge in [0.05, 0.1) is 17.3 Å². The monoisotopic (exact) mass is 452 g/mol. The van der Waals surface area contributed by atoms with E-state index in [2.05, 4.69) is 17.1 Å². The summed E-state index contributed by atoms with van der Waals surface area (Å²) in [5, 5.41) is 10.1. The molecule has 2 aliphatic heterocycles. The van der Waals surface area contributed by atoms with E-state index in [1.807, 2.05) is 27.1 Å². The number of carbonyl (C=O) groups is 2. The lowest BCUT2D eigenvalue weighted by atomic mass is 9.98. The number of amides is 2. The number of nitrogens with one attached hydrogen (secondary N) is 1. The number of thiophene rings is 1. The molecule has 3 aromatic rings. The minimum Gasteiger partial charge on any atom is -0.356 e. The molecule has 0 spiro atoms. The van der Waals surface area contributed by atoms with Gasteiger partial charge in [0.2, 0.25) is 5.91 Å². The molecule has 5 heterocycles. The molecule has 9 heteroatoms. The minimum atomic E-state index is -0.174. The Morgan fingerprint density at radius 1 is 1.16 bits per heavy atom. The molecule has 5 rings (SSSR count). The molecule has 1 atom stereocenters. The standard InChI is InChI=1S/C23H28N6O2S/c1-15-14-29-20(25-21(15)27-9-5-6-10-27)13-18(26-29)19-7-3-4-11-28(19)23(31)17-8-12-32-22(17)24-16(2)30/h8,12-14,19H,3-7,9-11H2,1-2H3,(H,24,30). The predicted molar refractivity (Wildman–Crippen MR) is 125 cm³/mol. The third-order valence-corrected chi connectivity index (χ3v) is 7.15. The van der Waals surface area contributed by atoms with Gasteiger partial charge in [-0.05, 0) is 50.5 Å². The van der Waals surface area contributed by atoms with E-state index in [0.717, 1.165) is 55.1 Å². The smallest absolute Gasteiger partial charge is 0.257 e. The average molecular weight is 453 g/mol. The van der Waals surface area contributed by atoms with Crippen molar-refractivity contribution in [2.24, 2.45) is 0 Å². The van der Waals surface area contributed by atoms with Crippen LogP contribution in [-0.2, 0) is 4.79 Å². The highest BCUT2D eigenvalue weighted by molar-refractivity contribution is 7.14. The summed E-state index contributed by atoms with van der Waals surface area (Å²) in [7, 11) is 0. The zero-order valence-electron chi connectivity index (χ0n) is 18.5. The number of anilines is 2. The van der Waals surface area contributed by atoms with Gasteiger partial charge in [0.15, 0.2) is 5.65 Å². The van der Waals surface area contributed by atoms with E-state index in [4.69, 9.17) is 10.1 Å². The summed E-state index contributed by atoms with van der Waals surface area (Å²) in [6.07, 6.45) is 7.34. The molecule has 0 aliphatic carbocycles. The molecule has 0 saturated carbocycles. The van der Waals surface area contributed by atoms with Gasteiger partial charge in [-0.15, -0.1) is 11.3 Å². The average Bonchev–Trinajstić information content (AvgIpc) is 3.53. The van der Waals surface area contributed by atoms with Crippen LogP contribution in [0.15, 0.2) is 23.7 Å². The second-order valence-corrected chi connectivity index (χ2v) is 9.58. The number of likely N-dealkylation sites (tertiary alicyclic amines) is 1. The van der Waals surface area contributed by atoms with Crippen LogP contribution in [0.5, 0.6) is 0 Å². The van der Waals surface area contributed by atoms with Crippen molar-refractivity contribution in [3.8, 4) is 0 Å². The molecule has 3 aromatic heterocycles. The Hall–Kier alpha value is -2.94. The van der Waals surface area contributed by atoms with Gasteiger partial charge < -0.3 is 15.1 Å². The van der Waals surface area contributed by atoms with Gasteiger partial charge in [0, 0.05) is 44.4 Å². The van der Waals surface area contributed by atoms with Crippen LogP contribution in [0.4, 0.5) is 10.8 Å². The Morgan fingerprint density at radius 2 is 1.94 bits per heavy atom. The van der Waals surface area contributed by atoms with E-state index in [1.54, 1.807) is 6.07 Å². The van der Waals surface area contributed by atoms with Gasteiger partial charge in [-0.2, -0.15) is 5.10 Å². The maximum atomic E-state index is 13.5. The number of aryl methyl sites for hydroxylation is 1. The van der Waals surface area contributed by atoms with Crippen LogP contribution in [0, 0.1) is 6.92 Å². The van der Waals surface area contributed by atoms with Gasteiger partial charge >= 0.3 is 0 Å². The molecule has 1 unspecified atom stereocenters. The van der Waals surface area contributed by atoms with Crippen LogP contribution in [0.1, 0.15) is 66.7 Å². The number of rotatable bonds is 4. The maximum Gasteiger partial charge on any atom is 0.257 e. The van der Waals surface area contributed by atoms with Crippen LogP contribution in [0.2, 0.25) is 0 Å². The fraction of sp³-hybridized carbons (Fsp3) is 0.478. The third-order valence-electron chi connectivity index (χ3n) is 6.32. The van der Waals surface area contributed by atoms with E-state index in [9.17, 15) is 9.59 Å². The second kappa shape index (κ2) is 8.54. The Morgan fingerprint density at radius 3 is 2.72 bits per heavy atom. The van der Waals surface area contributed by atoms with Crippen molar-refractivity contribution in [3.63, 3.8) is 0 Å². The van der Waals surface area contributed by atoms with E-state index in [1.165, 1.54) is 31.1 Å². The lowest BCUT2D eigenvalue weighted by Gasteiger charge is -2.34. The summed E-state index contributed by atoms with van der Waals surface area (Å²) in [5.74, 6) is 0.808. The van der Waals surface area contributed by atoms with Crippen LogP contribution in [-0.4, -0.2) is 50.9 Å². The number of carbonyl (C=O) groups excluding carboxylic acids is 2. The van der Waals surface area contributed by atoms with Crippen LogP contribution >= 0.6 is 11.3 Å². The highest BCUT2D eigenvalue weighted by Crippen LogP contribution is 2.35. The first-order valence-corrected chi connectivity index (χ1v) is 12.2. The van der Waals surface area contributed by atoms with E-state index >= 15 is 0 Å². The quantitative estimate of drug-likeness (QED) is 0.646. The van der Waals surface area contributed by atoms with Crippen LogP contribution in [0.25, 0.3) is 5.65 Å². The van der Waals surface area contributed by atoms with Crippen molar-refractivity contribution in [2.75, 3.05) is 29.9 Å². The Bertz CT molecular complexity index is 1160. The molecule has 2 aliphatic rings. The highest BCUT2D eigenvalue weighted by Gasteiger charge is 2.32. The molecule has 8 nitrogen and oxygen atoms in total. The van der Waals surface area contributed by atoms with Gasteiger partial charge in [-0.25, -0.2) is 9.50 Å². The fourth-order valence-corrected chi connectivity index (χ4v) is 5.63. The first kappa shape index (κ1) is 20.9. The number of fused-ring (bicyclic) bond motifs is 1. The van der Waals surface area contributed by atoms with Crippen molar-refractivity contribution < 1.29 is 9.59 Å². The van der Waals surface area contributed by atoms with Gasteiger partial charge in [0.25, 0.3) is 5.91 Å². The summed E-state index contributed by atoms with van der Waals surface area (Å²) in [4.78, 5) is 34.2. The minimum absolute atomic E-state index is 0.0568. The van der Waals surface area contributed by atoms with Gasteiger partial charge in [-0.3, -0.25) is 9.59 Å². The largest absolute Gasteiger partial charge is 0.356 e. The molecule has 0 radical (unpaired) electrons. The molecule has 2 amide bonds. The highest BCUT2D eigenvalue weighted by atomic mass is 32.1. The third kappa shape index (κ3) is 3.85. The van der Waals surface area contributed by atoms with Crippen LogP contribution in [0.3, 0.4) is 0 Å². The molecular weight excluding hydrogens is 424 g/mol. The molecule has 2 fully saturated rings. The first-order chi connectivity index (χ1) is 15.5. The number of piperidine rings is 1. The molecule has 0 aromatic carbocycles. The molecule has 1 N–H and O–H groups in total. The molecular formula is C23H28N6O2S. The normalized spacial score (nSPS) is 19.0. The molecule has 0 bridgehead atoms. The zero-order chi connectivity index (χ0) is 22.2. The topological polar surface area (TPSA) is 82.8 Å². The fourth-order valence-electron chi connectivity index (χ4n) is 4.80. The predicted octanol–water partition coefficient (Wildman–Crippen LogP) is 4.03. The summed E-state index contributed by atoms with van der Waals surface area (Å²) < 4.78 is 1.84. The Kier molecular flexibility index (Phi) is 5.58. The van der Waals surface area contributed by atoms with Gasteiger partial charge in [-0.1, -0.05) is 0 Å². The van der Waals surface area contributed by atoms with Crippen LogP contribution < -0.4 is 10.2 Å². The number of hydrogen-bond donors (Lipinski definition) is 1. The van der Waals surface area contributed by atoms with Crippen molar-refractivity contribution in [1.29, 1.82) is 0 Å². The van der Waals surface area contributed by atoms with Crippen molar-refractivity contribution in [1.82, 2.24) is 19.5 Å². The number of aromatic nitrogens is 3. The second-order valence-electron chi connectivity index (χ2n) is 8.67. The molecule has 2 saturated heterocycles. The number of hydrogen-bond acceptors (Lipinski definition) is 6. The van der Waals surface area contributed by atoms with Crippen molar-refractivity contribution in [3.05, 3.63) is 40.5 Å². The summed E-state index contributed by atoms with van der Waals surface area (Å²) in [6, 6.07) is 3.72. The van der Waals surface area contributed by atoms with E-state index < -0.39 is 0 Å². The Balaban J connectivity index is 1.46. The zero-order valence-corrected chi connectivity index (χ0v) is 19.3. The lowest BCUT2D eigenvalue weighted by Crippen LogP contribution is -2.38. The number of nitrogens with zero attached hydrogens (tertiary/aromatic N) is 5. The lowest BCUT2D eigenvalue weighted by molar-refractivity contribution is -0.114. The van der Waals surface area contributed by atoms with E-state index in [-0.39, 0.29) is 17.9 Å². The van der Waals surface area contributed by atoms with E-state index in [0.29, 0.717) is 17.1 Å². The van der Waals surface area contributed by atoms with Crippen molar-refractivity contribution >= 4 is 39.6 Å². The summed E-state index contributed by atoms with van der Waals surface area (Å²) in [5.41, 5.74) is 3.36. The molecule has 32 heavy (non-hydrogen) atoms. The summed E-state index contributed by atoms with van der Waals surface area (Å²) in [6.45, 7) is 6.32. The van der Waals surface area contributed by atoms with Gasteiger partial charge in [0.1, 0.15) is 10.8 Å². The summed E-state index contributed by atoms with van der Waals surface area (Å²) >= 11 is 1.37. The molecule has 168 valence electrons.